The molecule has 1 amide bonds. The molecular weight excluding hydrogens is 350 g/mol. The van der Waals surface area contributed by atoms with Crippen molar-refractivity contribution in [2.75, 3.05) is 0 Å². The van der Waals surface area contributed by atoms with Crippen molar-refractivity contribution in [2.24, 2.45) is 0 Å². The molecular formula is C23H25N3O2. The van der Waals surface area contributed by atoms with Crippen molar-refractivity contribution in [1.82, 2.24) is 15.3 Å². The summed E-state index contributed by atoms with van der Waals surface area (Å²) in [6, 6.07) is 20.7. The fourth-order valence-corrected chi connectivity index (χ4v) is 3.08. The van der Waals surface area contributed by atoms with Crippen LogP contribution in [0.2, 0.25) is 0 Å². The summed E-state index contributed by atoms with van der Waals surface area (Å²) in [6.07, 6.45) is 0.762. The number of rotatable bonds is 7. The van der Waals surface area contributed by atoms with E-state index in [1.807, 2.05) is 74.5 Å². The summed E-state index contributed by atoms with van der Waals surface area (Å²) in [5.74, 6) is 0.717. The number of benzene rings is 2. The molecule has 0 aliphatic rings. The van der Waals surface area contributed by atoms with Gasteiger partial charge >= 0.3 is 0 Å². The highest BCUT2D eigenvalue weighted by Crippen LogP contribution is 2.18. The summed E-state index contributed by atoms with van der Waals surface area (Å²) >= 11 is 0. The van der Waals surface area contributed by atoms with Gasteiger partial charge in [-0.25, -0.2) is 4.98 Å². The van der Waals surface area contributed by atoms with Crippen molar-refractivity contribution in [2.45, 2.75) is 38.6 Å². The summed E-state index contributed by atoms with van der Waals surface area (Å²) in [7, 11) is 0. The lowest BCUT2D eigenvalue weighted by molar-refractivity contribution is -0.121. The Morgan fingerprint density at radius 2 is 1.68 bits per heavy atom. The fraction of sp³-hybridized carbons (Fsp3) is 0.261. The van der Waals surface area contributed by atoms with Crippen molar-refractivity contribution < 1.29 is 4.79 Å². The van der Waals surface area contributed by atoms with Gasteiger partial charge < -0.3 is 10.3 Å². The third kappa shape index (κ3) is 5.39. The van der Waals surface area contributed by atoms with Crippen molar-refractivity contribution in [3.8, 4) is 0 Å². The molecule has 5 nitrogen and oxygen atoms in total. The molecule has 1 heterocycles. The van der Waals surface area contributed by atoms with Crippen LogP contribution in [0.3, 0.4) is 0 Å². The van der Waals surface area contributed by atoms with Crippen LogP contribution in [0.1, 0.15) is 48.5 Å². The molecule has 1 atom stereocenters. The molecule has 0 radical (unpaired) electrons. The average molecular weight is 375 g/mol. The summed E-state index contributed by atoms with van der Waals surface area (Å²) in [5.41, 5.74) is 2.44. The molecule has 0 bridgehead atoms. The summed E-state index contributed by atoms with van der Waals surface area (Å²) in [6.45, 7) is 3.97. The number of amides is 1. The van der Waals surface area contributed by atoms with Gasteiger partial charge in [-0.05, 0) is 11.1 Å². The topological polar surface area (TPSA) is 74.8 Å². The van der Waals surface area contributed by atoms with Crippen LogP contribution in [0.15, 0.2) is 71.5 Å². The lowest BCUT2D eigenvalue weighted by atomic mass is 10.0. The van der Waals surface area contributed by atoms with E-state index in [1.54, 1.807) is 0 Å². The van der Waals surface area contributed by atoms with Crippen LogP contribution in [0.5, 0.6) is 0 Å². The molecule has 0 aliphatic carbocycles. The first-order valence-corrected chi connectivity index (χ1v) is 9.49. The van der Waals surface area contributed by atoms with Crippen LogP contribution in [-0.2, 0) is 17.6 Å². The molecule has 144 valence electrons. The van der Waals surface area contributed by atoms with Gasteiger partial charge in [0, 0.05) is 18.4 Å². The zero-order chi connectivity index (χ0) is 19.9. The van der Waals surface area contributed by atoms with Gasteiger partial charge in [-0.1, -0.05) is 74.5 Å². The second-order valence-corrected chi connectivity index (χ2v) is 7.17. The Labute approximate surface area is 164 Å². The molecule has 0 aliphatic heterocycles. The largest absolute Gasteiger partial charge is 0.349 e. The van der Waals surface area contributed by atoms with Gasteiger partial charge in [-0.2, -0.15) is 0 Å². The van der Waals surface area contributed by atoms with Crippen molar-refractivity contribution in [3.05, 3.63) is 99.7 Å². The van der Waals surface area contributed by atoms with Gasteiger partial charge in [0.15, 0.2) is 0 Å². The van der Waals surface area contributed by atoms with Crippen LogP contribution in [-0.4, -0.2) is 15.9 Å². The Morgan fingerprint density at radius 1 is 1.04 bits per heavy atom. The molecule has 0 saturated carbocycles. The zero-order valence-corrected chi connectivity index (χ0v) is 16.2. The average Bonchev–Trinajstić information content (AvgIpc) is 2.68. The number of nitrogens with zero attached hydrogens (tertiary/aromatic N) is 1. The van der Waals surface area contributed by atoms with Gasteiger partial charge in [0.05, 0.1) is 18.2 Å². The zero-order valence-electron chi connectivity index (χ0n) is 16.2. The van der Waals surface area contributed by atoms with Crippen LogP contribution in [0.25, 0.3) is 0 Å². The maximum absolute atomic E-state index is 12.6. The van der Waals surface area contributed by atoms with Gasteiger partial charge in [0.1, 0.15) is 5.82 Å². The molecule has 5 heteroatoms. The van der Waals surface area contributed by atoms with Crippen LogP contribution in [0.4, 0.5) is 0 Å². The van der Waals surface area contributed by atoms with E-state index in [4.69, 9.17) is 0 Å². The number of aromatic nitrogens is 2. The van der Waals surface area contributed by atoms with Crippen LogP contribution < -0.4 is 10.9 Å². The second kappa shape index (κ2) is 9.13. The van der Waals surface area contributed by atoms with E-state index in [0.29, 0.717) is 24.4 Å². The number of carbonyl (C=O) groups is 1. The predicted octanol–water partition coefficient (Wildman–Crippen LogP) is 3.54. The quantitative estimate of drug-likeness (QED) is 0.663. The standard InChI is InChI=1S/C23H25N3O2/c1-16(2)23-24-19(15-22(28)26-23)14-20(18-11-7-4-8-12-18)25-21(27)13-17-9-5-3-6-10-17/h3-12,15-16,20H,13-14H2,1-2H3,(H,25,27)(H,24,26,28)/t20-/m1/s1. The SMILES string of the molecule is CC(C)c1nc(C[C@@H](NC(=O)Cc2ccccc2)c2ccccc2)cc(=O)[nH]1. The second-order valence-electron chi connectivity index (χ2n) is 7.17. The van der Waals surface area contributed by atoms with Crippen LogP contribution in [0, 0.1) is 0 Å². The van der Waals surface area contributed by atoms with Gasteiger partial charge in [-0.3, -0.25) is 9.59 Å². The van der Waals surface area contributed by atoms with E-state index in [-0.39, 0.29) is 23.4 Å². The van der Waals surface area contributed by atoms with Gasteiger partial charge in [0.25, 0.3) is 5.56 Å². The third-order valence-corrected chi connectivity index (χ3v) is 4.52. The molecule has 2 aromatic carbocycles. The Morgan fingerprint density at radius 3 is 2.32 bits per heavy atom. The van der Waals surface area contributed by atoms with E-state index < -0.39 is 0 Å². The molecule has 28 heavy (non-hydrogen) atoms. The predicted molar refractivity (Wildman–Crippen MR) is 110 cm³/mol. The minimum Gasteiger partial charge on any atom is -0.349 e. The van der Waals surface area contributed by atoms with E-state index in [1.165, 1.54) is 6.07 Å². The lowest BCUT2D eigenvalue weighted by Crippen LogP contribution is -2.31. The first-order valence-electron chi connectivity index (χ1n) is 9.49. The smallest absolute Gasteiger partial charge is 0.251 e. The van der Waals surface area contributed by atoms with Crippen molar-refractivity contribution >= 4 is 5.91 Å². The number of hydrogen-bond donors (Lipinski definition) is 2. The minimum absolute atomic E-state index is 0.0611. The molecule has 3 aromatic rings. The Hall–Kier alpha value is -3.21. The van der Waals surface area contributed by atoms with Gasteiger partial charge in [0.2, 0.25) is 5.91 Å². The number of nitrogens with one attached hydrogen (secondary N) is 2. The van der Waals surface area contributed by atoms with E-state index in [0.717, 1.165) is 11.1 Å². The third-order valence-electron chi connectivity index (χ3n) is 4.52. The molecule has 0 fully saturated rings. The van der Waals surface area contributed by atoms with E-state index in [9.17, 15) is 9.59 Å². The normalized spacial score (nSPS) is 12.0. The van der Waals surface area contributed by atoms with E-state index >= 15 is 0 Å². The van der Waals surface area contributed by atoms with E-state index in [2.05, 4.69) is 15.3 Å². The fourth-order valence-electron chi connectivity index (χ4n) is 3.08. The molecule has 2 N–H and O–H groups in total. The van der Waals surface area contributed by atoms with Crippen molar-refractivity contribution in [1.29, 1.82) is 0 Å². The minimum atomic E-state index is -0.258. The first kappa shape index (κ1) is 19.5. The Bertz CT molecular complexity index is 966. The number of hydrogen-bond acceptors (Lipinski definition) is 3. The van der Waals surface area contributed by atoms with Crippen molar-refractivity contribution in [3.63, 3.8) is 0 Å². The molecule has 0 spiro atoms. The summed E-state index contributed by atoms with van der Waals surface area (Å²) in [5, 5.41) is 3.11. The molecule has 3 rings (SSSR count). The lowest BCUT2D eigenvalue weighted by Gasteiger charge is -2.19. The molecule has 0 saturated heterocycles. The van der Waals surface area contributed by atoms with Crippen LogP contribution >= 0.6 is 0 Å². The number of aromatic amines is 1. The number of H-pyrrole nitrogens is 1. The Balaban J connectivity index is 1.82. The summed E-state index contributed by atoms with van der Waals surface area (Å²) < 4.78 is 0. The first-order chi connectivity index (χ1) is 13.5. The van der Waals surface area contributed by atoms with Gasteiger partial charge in [-0.15, -0.1) is 0 Å². The number of carbonyl (C=O) groups excluding carboxylic acids is 1. The molecule has 1 aromatic heterocycles. The molecule has 0 unspecified atom stereocenters. The maximum Gasteiger partial charge on any atom is 0.251 e. The highest BCUT2D eigenvalue weighted by Gasteiger charge is 2.17. The maximum atomic E-state index is 12.6. The highest BCUT2D eigenvalue weighted by atomic mass is 16.1. The monoisotopic (exact) mass is 375 g/mol. The summed E-state index contributed by atoms with van der Waals surface area (Å²) in [4.78, 5) is 32.0. The highest BCUT2D eigenvalue weighted by molar-refractivity contribution is 5.79. The Kier molecular flexibility index (Phi) is 6.37.